The molecule has 4 heteroatoms. The van der Waals surface area contributed by atoms with Crippen LogP contribution in [0.15, 0.2) is 4.99 Å². The molecule has 0 aliphatic heterocycles. The van der Waals surface area contributed by atoms with E-state index < -0.39 is 0 Å². The maximum Gasteiger partial charge on any atom is 0.286 e. The van der Waals surface area contributed by atoms with Gasteiger partial charge in [-0.1, -0.05) is 38.5 Å². The number of amides is 1. The second-order valence-corrected chi connectivity index (χ2v) is 5.61. The highest BCUT2D eigenvalue weighted by Crippen LogP contribution is 2.20. The highest BCUT2D eigenvalue weighted by Gasteiger charge is 2.19. The molecule has 4 nitrogen and oxygen atoms in total. The highest BCUT2D eigenvalue weighted by atomic mass is 16.2. The molecular formula is C14H25N3O. The summed E-state index contributed by atoms with van der Waals surface area (Å²) in [5.74, 6) is 0.0277. The monoisotopic (exact) mass is 251 g/mol. The average Bonchev–Trinajstić information content (AvgIpc) is 2.41. The first-order valence-electron chi connectivity index (χ1n) is 7.40. The van der Waals surface area contributed by atoms with Crippen LogP contribution in [0.1, 0.15) is 64.2 Å². The zero-order valence-electron chi connectivity index (χ0n) is 11.2. The van der Waals surface area contributed by atoms with Crippen molar-refractivity contribution in [2.45, 2.75) is 76.3 Å². The number of aliphatic imine (C=N–C) groups is 1. The Balaban J connectivity index is 1.81. The number of nitrogens with zero attached hydrogens (tertiary/aromatic N) is 1. The average molecular weight is 251 g/mol. The van der Waals surface area contributed by atoms with Crippen molar-refractivity contribution in [3.8, 4) is 0 Å². The van der Waals surface area contributed by atoms with Crippen molar-refractivity contribution >= 4 is 11.7 Å². The summed E-state index contributed by atoms with van der Waals surface area (Å²) in [5, 5.41) is 3.01. The van der Waals surface area contributed by atoms with E-state index in [1.165, 1.54) is 38.5 Å². The van der Waals surface area contributed by atoms with Crippen LogP contribution in [0.5, 0.6) is 0 Å². The third-order valence-corrected chi connectivity index (χ3v) is 4.07. The van der Waals surface area contributed by atoms with Crippen molar-refractivity contribution in [3.63, 3.8) is 0 Å². The zero-order valence-corrected chi connectivity index (χ0v) is 11.2. The number of nitrogens with one attached hydrogen (secondary N) is 1. The Morgan fingerprint density at radius 3 is 2.11 bits per heavy atom. The van der Waals surface area contributed by atoms with E-state index in [0.717, 1.165) is 25.7 Å². The number of carbonyl (C=O) groups excluding carboxylic acids is 1. The first-order chi connectivity index (χ1) is 8.75. The van der Waals surface area contributed by atoms with E-state index >= 15 is 0 Å². The Labute approximate surface area is 109 Å². The van der Waals surface area contributed by atoms with Crippen LogP contribution < -0.4 is 11.1 Å². The molecule has 0 aromatic heterocycles. The quantitative estimate of drug-likeness (QED) is 0.583. The molecule has 0 saturated heterocycles. The summed E-state index contributed by atoms with van der Waals surface area (Å²) in [6.07, 6.45) is 11.8. The topological polar surface area (TPSA) is 67.5 Å². The van der Waals surface area contributed by atoms with Gasteiger partial charge in [0.05, 0.1) is 6.04 Å². The molecule has 0 heterocycles. The van der Waals surface area contributed by atoms with Crippen LogP contribution in [-0.4, -0.2) is 23.8 Å². The van der Waals surface area contributed by atoms with E-state index in [1.807, 2.05) is 0 Å². The molecule has 0 unspecified atom stereocenters. The van der Waals surface area contributed by atoms with Gasteiger partial charge in [-0.25, -0.2) is 0 Å². The third-order valence-electron chi connectivity index (χ3n) is 4.07. The molecule has 0 aromatic rings. The van der Waals surface area contributed by atoms with E-state index in [0.29, 0.717) is 6.04 Å². The number of carbonyl (C=O) groups is 1. The second kappa shape index (κ2) is 6.76. The molecule has 0 radical (unpaired) electrons. The Morgan fingerprint density at radius 1 is 0.944 bits per heavy atom. The second-order valence-electron chi connectivity index (χ2n) is 5.61. The van der Waals surface area contributed by atoms with Gasteiger partial charge in [0.15, 0.2) is 5.84 Å². The van der Waals surface area contributed by atoms with Gasteiger partial charge in [-0.2, -0.15) is 0 Å². The van der Waals surface area contributed by atoms with Gasteiger partial charge < -0.3 is 11.1 Å². The van der Waals surface area contributed by atoms with Gasteiger partial charge in [0.1, 0.15) is 0 Å². The normalized spacial score (nSPS) is 23.9. The number of hydrogen-bond acceptors (Lipinski definition) is 2. The van der Waals surface area contributed by atoms with E-state index in [-0.39, 0.29) is 17.8 Å². The van der Waals surface area contributed by atoms with E-state index in [9.17, 15) is 4.79 Å². The summed E-state index contributed by atoms with van der Waals surface area (Å²) < 4.78 is 0. The molecule has 2 saturated carbocycles. The Bertz CT molecular complexity index is 302. The summed E-state index contributed by atoms with van der Waals surface area (Å²) >= 11 is 0. The molecule has 0 atom stereocenters. The van der Waals surface area contributed by atoms with E-state index in [4.69, 9.17) is 5.73 Å². The van der Waals surface area contributed by atoms with Crippen molar-refractivity contribution in [1.82, 2.24) is 5.32 Å². The summed E-state index contributed by atoms with van der Waals surface area (Å²) in [4.78, 5) is 16.3. The minimum Gasteiger partial charge on any atom is -0.379 e. The Kier molecular flexibility index (Phi) is 5.02. The molecule has 2 aliphatic carbocycles. The van der Waals surface area contributed by atoms with Gasteiger partial charge in [-0.05, 0) is 25.7 Å². The SMILES string of the molecule is NC(=NC1CCCCC1)C(=O)NC1CCCCC1. The van der Waals surface area contributed by atoms with Gasteiger partial charge in [0, 0.05) is 6.04 Å². The summed E-state index contributed by atoms with van der Waals surface area (Å²) in [6.45, 7) is 0. The van der Waals surface area contributed by atoms with Crippen LogP contribution in [0.25, 0.3) is 0 Å². The van der Waals surface area contributed by atoms with Crippen LogP contribution in [0, 0.1) is 0 Å². The van der Waals surface area contributed by atoms with Crippen LogP contribution in [-0.2, 0) is 4.79 Å². The van der Waals surface area contributed by atoms with E-state index in [1.54, 1.807) is 0 Å². The minimum absolute atomic E-state index is 0.160. The van der Waals surface area contributed by atoms with Crippen LogP contribution in [0.2, 0.25) is 0 Å². The first kappa shape index (κ1) is 13.4. The standard InChI is InChI=1S/C14H25N3O/c15-13(16-11-7-3-1-4-8-11)14(18)17-12-9-5-2-6-10-12/h11-12H,1-10H2,(H2,15,16)(H,17,18). The minimum atomic E-state index is -0.160. The largest absolute Gasteiger partial charge is 0.379 e. The molecule has 0 aromatic carbocycles. The molecule has 2 fully saturated rings. The molecular weight excluding hydrogens is 226 g/mol. The van der Waals surface area contributed by atoms with Crippen LogP contribution in [0.4, 0.5) is 0 Å². The predicted molar refractivity (Wildman–Crippen MR) is 73.5 cm³/mol. The smallest absolute Gasteiger partial charge is 0.286 e. The zero-order chi connectivity index (χ0) is 12.8. The lowest BCUT2D eigenvalue weighted by molar-refractivity contribution is -0.115. The molecule has 0 spiro atoms. The lowest BCUT2D eigenvalue weighted by Crippen LogP contribution is -2.43. The molecule has 1 amide bonds. The van der Waals surface area contributed by atoms with Gasteiger partial charge in [-0.3, -0.25) is 9.79 Å². The van der Waals surface area contributed by atoms with Crippen molar-refractivity contribution in [2.75, 3.05) is 0 Å². The molecule has 2 aliphatic rings. The molecule has 3 N–H and O–H groups in total. The molecule has 18 heavy (non-hydrogen) atoms. The fraction of sp³-hybridized carbons (Fsp3) is 0.857. The summed E-state index contributed by atoms with van der Waals surface area (Å²) in [7, 11) is 0. The Hall–Kier alpha value is -1.06. The van der Waals surface area contributed by atoms with Crippen molar-refractivity contribution in [2.24, 2.45) is 10.7 Å². The van der Waals surface area contributed by atoms with Crippen molar-refractivity contribution < 1.29 is 4.79 Å². The highest BCUT2D eigenvalue weighted by molar-refractivity contribution is 6.37. The molecule has 2 rings (SSSR count). The fourth-order valence-electron chi connectivity index (χ4n) is 2.97. The lowest BCUT2D eigenvalue weighted by atomic mass is 9.95. The van der Waals surface area contributed by atoms with Crippen LogP contribution >= 0.6 is 0 Å². The summed E-state index contributed by atoms with van der Waals surface area (Å²) in [5.41, 5.74) is 5.80. The number of rotatable bonds is 2. The number of nitrogens with two attached hydrogens (primary N) is 1. The van der Waals surface area contributed by atoms with Gasteiger partial charge in [0.25, 0.3) is 5.91 Å². The van der Waals surface area contributed by atoms with E-state index in [2.05, 4.69) is 10.3 Å². The van der Waals surface area contributed by atoms with Crippen LogP contribution in [0.3, 0.4) is 0 Å². The number of amidine groups is 1. The van der Waals surface area contributed by atoms with Gasteiger partial charge in [-0.15, -0.1) is 0 Å². The lowest BCUT2D eigenvalue weighted by Gasteiger charge is -2.23. The maximum absolute atomic E-state index is 11.9. The summed E-state index contributed by atoms with van der Waals surface area (Å²) in [6, 6.07) is 0.585. The van der Waals surface area contributed by atoms with Gasteiger partial charge >= 0.3 is 0 Å². The predicted octanol–water partition coefficient (Wildman–Crippen LogP) is 2.13. The Morgan fingerprint density at radius 2 is 1.50 bits per heavy atom. The molecule has 102 valence electrons. The first-order valence-corrected chi connectivity index (χ1v) is 7.40. The number of hydrogen-bond donors (Lipinski definition) is 2. The van der Waals surface area contributed by atoms with Gasteiger partial charge in [0.2, 0.25) is 0 Å². The third kappa shape index (κ3) is 4.00. The molecule has 0 bridgehead atoms. The maximum atomic E-state index is 11.9. The fourth-order valence-corrected chi connectivity index (χ4v) is 2.97. The van der Waals surface area contributed by atoms with Crippen molar-refractivity contribution in [3.05, 3.63) is 0 Å². The van der Waals surface area contributed by atoms with Crippen molar-refractivity contribution in [1.29, 1.82) is 0 Å².